The number of nitrogens with zero attached hydrogens (tertiary/aromatic N) is 5. The minimum Gasteiger partial charge on any atom is -0.306 e. The van der Waals surface area contributed by atoms with Gasteiger partial charge in [0.1, 0.15) is 0 Å². The number of aromatic nitrogens is 4. The predicted octanol–water partition coefficient (Wildman–Crippen LogP) is 8.74. The lowest BCUT2D eigenvalue weighted by Gasteiger charge is -2.16. The second-order valence-electron chi connectivity index (χ2n) is 11.6. The lowest BCUT2D eigenvalue weighted by Crippen LogP contribution is -2.20. The largest absolute Gasteiger partial charge is 0.306 e. The third kappa shape index (κ3) is 7.01. The standard InChI is InChI=1S/C23H26N4S.C9H19N/c1-16-5-2-3-7-17(8-4-6-16)18-13-25-23-20(14-26-27(23)15-18)19-9-11-24-21-10-12-28-22(19)21;1-10-8-6-4-2-3-5-7-9-10/h9-17H,2-8H2,1H3;2-9H2,1H3. The van der Waals surface area contributed by atoms with Gasteiger partial charge in [0.15, 0.2) is 5.65 Å². The van der Waals surface area contributed by atoms with Crippen molar-refractivity contribution in [1.82, 2.24) is 24.5 Å². The average molecular weight is 532 g/mol. The van der Waals surface area contributed by atoms with E-state index in [0.717, 1.165) is 22.6 Å². The number of thiophene rings is 1. The maximum Gasteiger partial charge on any atom is 0.162 e. The molecule has 1 aliphatic carbocycles. The van der Waals surface area contributed by atoms with E-state index in [9.17, 15) is 0 Å². The highest BCUT2D eigenvalue weighted by Crippen LogP contribution is 2.35. The van der Waals surface area contributed by atoms with Crippen LogP contribution in [0.15, 0.2) is 42.3 Å². The van der Waals surface area contributed by atoms with E-state index in [4.69, 9.17) is 4.98 Å². The van der Waals surface area contributed by atoms with E-state index < -0.39 is 0 Å². The molecule has 6 heteroatoms. The lowest BCUT2D eigenvalue weighted by molar-refractivity contribution is 0.327. The van der Waals surface area contributed by atoms with Gasteiger partial charge in [-0.05, 0) is 80.7 Å². The number of pyridine rings is 1. The quantitative estimate of drug-likeness (QED) is 0.259. The fraction of sp³-hybridized carbons (Fsp3) is 0.594. The SMILES string of the molecule is CC1CCCCC(c2cnc3c(-c4ccnc5ccsc45)cnn3c2)CCC1.CN1CCCCCCCC1. The van der Waals surface area contributed by atoms with Gasteiger partial charge in [0.25, 0.3) is 0 Å². The van der Waals surface area contributed by atoms with Gasteiger partial charge in [0, 0.05) is 29.7 Å². The molecule has 2 unspecified atom stereocenters. The molecule has 4 aromatic heterocycles. The van der Waals surface area contributed by atoms with Gasteiger partial charge in [-0.2, -0.15) is 5.10 Å². The van der Waals surface area contributed by atoms with Crippen molar-refractivity contribution in [3.8, 4) is 11.1 Å². The summed E-state index contributed by atoms with van der Waals surface area (Å²) >= 11 is 1.73. The topological polar surface area (TPSA) is 46.3 Å². The molecule has 2 aliphatic rings. The summed E-state index contributed by atoms with van der Waals surface area (Å²) in [6, 6.07) is 4.14. The molecule has 1 saturated heterocycles. The molecule has 1 aliphatic heterocycles. The van der Waals surface area contributed by atoms with Gasteiger partial charge in [-0.1, -0.05) is 64.7 Å². The smallest absolute Gasteiger partial charge is 0.162 e. The molecule has 1 saturated carbocycles. The summed E-state index contributed by atoms with van der Waals surface area (Å²) in [6.45, 7) is 5.04. The average Bonchev–Trinajstić information content (AvgIpc) is 3.61. The van der Waals surface area contributed by atoms with Gasteiger partial charge >= 0.3 is 0 Å². The van der Waals surface area contributed by atoms with Crippen LogP contribution in [0, 0.1) is 5.92 Å². The Morgan fingerprint density at radius 2 is 1.53 bits per heavy atom. The van der Waals surface area contributed by atoms with Crippen molar-refractivity contribution in [3.63, 3.8) is 0 Å². The van der Waals surface area contributed by atoms with Gasteiger partial charge in [-0.15, -0.1) is 11.3 Å². The Morgan fingerprint density at radius 1 is 0.789 bits per heavy atom. The normalized spacial score (nSPS) is 22.4. The maximum atomic E-state index is 4.86. The Kier molecular flexibility index (Phi) is 9.80. The zero-order valence-corrected chi connectivity index (χ0v) is 24.3. The highest BCUT2D eigenvalue weighted by Gasteiger charge is 2.18. The van der Waals surface area contributed by atoms with Gasteiger partial charge in [-0.3, -0.25) is 4.98 Å². The van der Waals surface area contributed by atoms with Crippen LogP contribution >= 0.6 is 11.3 Å². The third-order valence-electron chi connectivity index (χ3n) is 8.56. The van der Waals surface area contributed by atoms with Gasteiger partial charge < -0.3 is 4.90 Å². The molecule has 0 spiro atoms. The predicted molar refractivity (Wildman–Crippen MR) is 161 cm³/mol. The molecular weight excluding hydrogens is 486 g/mol. The Balaban J connectivity index is 0.000000249. The lowest BCUT2D eigenvalue weighted by atomic mass is 9.91. The fourth-order valence-electron chi connectivity index (χ4n) is 6.18. The van der Waals surface area contributed by atoms with Crippen LogP contribution in [0.3, 0.4) is 0 Å². The van der Waals surface area contributed by atoms with Gasteiger partial charge in [0.2, 0.25) is 0 Å². The molecule has 6 rings (SSSR count). The highest BCUT2D eigenvalue weighted by atomic mass is 32.1. The van der Waals surface area contributed by atoms with Crippen LogP contribution < -0.4 is 0 Å². The van der Waals surface area contributed by atoms with Crippen molar-refractivity contribution in [2.75, 3.05) is 20.1 Å². The van der Waals surface area contributed by atoms with E-state index in [2.05, 4.69) is 58.9 Å². The summed E-state index contributed by atoms with van der Waals surface area (Å²) in [4.78, 5) is 11.8. The molecule has 0 bridgehead atoms. The first-order valence-electron chi connectivity index (χ1n) is 15.0. The Bertz CT molecular complexity index is 1270. The third-order valence-corrected chi connectivity index (χ3v) is 9.50. The summed E-state index contributed by atoms with van der Waals surface area (Å²) < 4.78 is 3.17. The fourth-order valence-corrected chi connectivity index (χ4v) is 7.06. The summed E-state index contributed by atoms with van der Waals surface area (Å²) in [6.07, 6.45) is 26.1. The van der Waals surface area contributed by atoms with Crippen molar-refractivity contribution in [1.29, 1.82) is 0 Å². The van der Waals surface area contributed by atoms with Gasteiger partial charge in [0.05, 0.1) is 16.4 Å². The number of fused-ring (bicyclic) bond motifs is 2. The molecule has 0 aromatic carbocycles. The van der Waals surface area contributed by atoms with E-state index in [1.165, 1.54) is 112 Å². The first-order chi connectivity index (χ1) is 18.7. The van der Waals surface area contributed by atoms with Crippen LogP contribution in [-0.2, 0) is 0 Å². The van der Waals surface area contributed by atoms with E-state index in [1.54, 1.807) is 11.3 Å². The zero-order chi connectivity index (χ0) is 26.2. The summed E-state index contributed by atoms with van der Waals surface area (Å²) in [7, 11) is 2.24. The molecule has 4 aromatic rings. The van der Waals surface area contributed by atoms with Crippen molar-refractivity contribution in [2.24, 2.45) is 5.92 Å². The van der Waals surface area contributed by atoms with Crippen LogP contribution in [-0.4, -0.2) is 44.6 Å². The van der Waals surface area contributed by atoms with Crippen LogP contribution in [0.1, 0.15) is 102 Å². The van der Waals surface area contributed by atoms with Crippen LogP contribution in [0.25, 0.3) is 27.0 Å². The van der Waals surface area contributed by atoms with E-state index in [1.807, 2.05) is 16.9 Å². The first-order valence-corrected chi connectivity index (χ1v) is 15.9. The molecule has 5 heterocycles. The number of hydrogen-bond acceptors (Lipinski definition) is 5. The summed E-state index contributed by atoms with van der Waals surface area (Å²) in [5, 5.41) is 6.75. The Hall–Kier alpha value is -2.31. The Labute approximate surface area is 232 Å². The van der Waals surface area contributed by atoms with Crippen LogP contribution in [0.2, 0.25) is 0 Å². The van der Waals surface area contributed by atoms with E-state index >= 15 is 0 Å². The van der Waals surface area contributed by atoms with Gasteiger partial charge in [-0.25, -0.2) is 9.50 Å². The molecule has 0 N–H and O–H groups in total. The molecule has 0 amide bonds. The minimum absolute atomic E-state index is 0.611. The van der Waals surface area contributed by atoms with E-state index in [-0.39, 0.29) is 0 Å². The van der Waals surface area contributed by atoms with Crippen molar-refractivity contribution < 1.29 is 0 Å². The second-order valence-corrected chi connectivity index (χ2v) is 12.6. The van der Waals surface area contributed by atoms with Crippen LogP contribution in [0.5, 0.6) is 0 Å². The minimum atomic E-state index is 0.611. The molecule has 204 valence electrons. The maximum absolute atomic E-state index is 4.86. The Morgan fingerprint density at radius 3 is 2.37 bits per heavy atom. The van der Waals surface area contributed by atoms with Crippen molar-refractivity contribution in [2.45, 2.75) is 96.3 Å². The molecule has 0 radical (unpaired) electrons. The van der Waals surface area contributed by atoms with Crippen molar-refractivity contribution in [3.05, 3.63) is 47.9 Å². The van der Waals surface area contributed by atoms with Crippen molar-refractivity contribution >= 4 is 27.2 Å². The molecule has 2 atom stereocenters. The number of hydrogen-bond donors (Lipinski definition) is 0. The van der Waals surface area contributed by atoms with Crippen LogP contribution in [0.4, 0.5) is 0 Å². The molecule has 2 fully saturated rings. The molecule has 38 heavy (non-hydrogen) atoms. The second kappa shape index (κ2) is 13.7. The molecule has 5 nitrogen and oxygen atoms in total. The monoisotopic (exact) mass is 531 g/mol. The zero-order valence-electron chi connectivity index (χ0n) is 23.4. The first kappa shape index (κ1) is 27.3. The summed E-state index contributed by atoms with van der Waals surface area (Å²) in [5.41, 5.74) is 5.57. The summed E-state index contributed by atoms with van der Waals surface area (Å²) in [5.74, 6) is 1.49. The molecular formula is C32H45N5S. The number of rotatable bonds is 2. The van der Waals surface area contributed by atoms with E-state index in [0.29, 0.717) is 5.92 Å². The highest BCUT2D eigenvalue weighted by molar-refractivity contribution is 7.17.